The highest BCUT2D eigenvalue weighted by molar-refractivity contribution is 6.30. The predicted octanol–water partition coefficient (Wildman–Crippen LogP) is 2.62. The van der Waals surface area contributed by atoms with Crippen LogP contribution in [0.3, 0.4) is 0 Å². The summed E-state index contributed by atoms with van der Waals surface area (Å²) in [5.74, 6) is -0.0347. The van der Waals surface area contributed by atoms with Crippen molar-refractivity contribution in [3.05, 3.63) is 34.9 Å². The molecule has 14 heavy (non-hydrogen) atoms. The van der Waals surface area contributed by atoms with Crippen LogP contribution in [-0.4, -0.2) is 11.4 Å². The summed E-state index contributed by atoms with van der Waals surface area (Å²) in [6.07, 6.45) is 2.14. The van der Waals surface area contributed by atoms with Crippen LogP contribution in [0.5, 0.6) is 0 Å². The summed E-state index contributed by atoms with van der Waals surface area (Å²) in [6.45, 7) is 2.05. The lowest BCUT2D eigenvalue weighted by Crippen LogP contribution is -2.34. The highest BCUT2D eigenvalue weighted by atomic mass is 35.5. The van der Waals surface area contributed by atoms with Gasteiger partial charge in [0.15, 0.2) is 0 Å². The summed E-state index contributed by atoms with van der Waals surface area (Å²) < 4.78 is 0. The molecule has 1 aliphatic carbocycles. The van der Waals surface area contributed by atoms with Crippen molar-refractivity contribution in [1.29, 1.82) is 0 Å². The van der Waals surface area contributed by atoms with Gasteiger partial charge in [0.1, 0.15) is 0 Å². The van der Waals surface area contributed by atoms with Gasteiger partial charge in [-0.15, -0.1) is 0 Å². The SMILES string of the molecule is CC1(NC(=O)c2cccc(Cl)c2)CC1. The quantitative estimate of drug-likeness (QED) is 0.797. The number of amides is 1. The lowest BCUT2D eigenvalue weighted by atomic mass is 10.2. The van der Waals surface area contributed by atoms with Crippen molar-refractivity contribution in [3.63, 3.8) is 0 Å². The topological polar surface area (TPSA) is 29.1 Å². The van der Waals surface area contributed by atoms with E-state index in [1.807, 2.05) is 0 Å². The Morgan fingerprint density at radius 2 is 2.21 bits per heavy atom. The van der Waals surface area contributed by atoms with Crippen LogP contribution in [0.2, 0.25) is 5.02 Å². The molecule has 0 unspecified atom stereocenters. The van der Waals surface area contributed by atoms with Crippen LogP contribution in [0.1, 0.15) is 30.1 Å². The second-order valence-corrected chi connectivity index (χ2v) is 4.46. The molecular weight excluding hydrogens is 198 g/mol. The first kappa shape index (κ1) is 9.53. The summed E-state index contributed by atoms with van der Waals surface area (Å²) in [6, 6.07) is 7.00. The molecule has 2 rings (SSSR count). The first-order valence-electron chi connectivity index (χ1n) is 4.67. The normalized spacial score (nSPS) is 17.6. The van der Waals surface area contributed by atoms with E-state index in [1.165, 1.54) is 0 Å². The fourth-order valence-electron chi connectivity index (χ4n) is 1.29. The maximum Gasteiger partial charge on any atom is 0.251 e. The van der Waals surface area contributed by atoms with Crippen molar-refractivity contribution in [2.75, 3.05) is 0 Å². The van der Waals surface area contributed by atoms with Crippen LogP contribution in [0.4, 0.5) is 0 Å². The fourth-order valence-corrected chi connectivity index (χ4v) is 1.48. The van der Waals surface area contributed by atoms with E-state index in [2.05, 4.69) is 12.2 Å². The molecule has 0 radical (unpaired) electrons. The number of halogens is 1. The molecule has 1 aliphatic rings. The minimum absolute atomic E-state index is 0.0272. The van der Waals surface area contributed by atoms with Crippen molar-refractivity contribution in [1.82, 2.24) is 5.32 Å². The van der Waals surface area contributed by atoms with Gasteiger partial charge in [-0.3, -0.25) is 4.79 Å². The molecule has 1 N–H and O–H groups in total. The van der Waals surface area contributed by atoms with E-state index in [9.17, 15) is 4.79 Å². The second kappa shape index (κ2) is 3.28. The standard InChI is InChI=1S/C11H12ClNO/c1-11(5-6-11)13-10(14)8-3-2-4-9(12)7-8/h2-4,7H,5-6H2,1H3,(H,13,14). The number of benzene rings is 1. The highest BCUT2D eigenvalue weighted by Crippen LogP contribution is 2.34. The van der Waals surface area contributed by atoms with Crippen LogP contribution in [-0.2, 0) is 0 Å². The van der Waals surface area contributed by atoms with Crippen LogP contribution >= 0.6 is 11.6 Å². The van der Waals surface area contributed by atoms with E-state index in [4.69, 9.17) is 11.6 Å². The zero-order valence-corrected chi connectivity index (χ0v) is 8.77. The highest BCUT2D eigenvalue weighted by Gasteiger charge is 2.38. The first-order valence-corrected chi connectivity index (χ1v) is 5.05. The lowest BCUT2D eigenvalue weighted by molar-refractivity contribution is 0.0935. The Morgan fingerprint density at radius 1 is 1.50 bits per heavy atom. The molecule has 0 saturated heterocycles. The van der Waals surface area contributed by atoms with E-state index >= 15 is 0 Å². The fraction of sp³-hybridized carbons (Fsp3) is 0.364. The third kappa shape index (κ3) is 2.07. The van der Waals surface area contributed by atoms with Crippen LogP contribution < -0.4 is 5.32 Å². The number of carbonyl (C=O) groups is 1. The van der Waals surface area contributed by atoms with Gasteiger partial charge in [-0.05, 0) is 38.0 Å². The summed E-state index contributed by atoms with van der Waals surface area (Å²) in [7, 11) is 0. The van der Waals surface area contributed by atoms with E-state index in [0.29, 0.717) is 10.6 Å². The van der Waals surface area contributed by atoms with Crippen LogP contribution in [0.15, 0.2) is 24.3 Å². The van der Waals surface area contributed by atoms with Gasteiger partial charge in [0.2, 0.25) is 0 Å². The monoisotopic (exact) mass is 209 g/mol. The maximum absolute atomic E-state index is 11.7. The lowest BCUT2D eigenvalue weighted by Gasteiger charge is -2.11. The molecular formula is C11H12ClNO. The van der Waals surface area contributed by atoms with Gasteiger partial charge in [-0.25, -0.2) is 0 Å². The number of hydrogen-bond acceptors (Lipinski definition) is 1. The molecule has 0 aromatic heterocycles. The molecule has 1 aromatic rings. The molecule has 2 nitrogen and oxygen atoms in total. The average molecular weight is 210 g/mol. The maximum atomic E-state index is 11.7. The Bertz CT molecular complexity index is 371. The number of rotatable bonds is 2. The minimum Gasteiger partial charge on any atom is -0.347 e. The van der Waals surface area contributed by atoms with E-state index < -0.39 is 0 Å². The molecule has 0 aliphatic heterocycles. The van der Waals surface area contributed by atoms with Gasteiger partial charge in [-0.1, -0.05) is 17.7 Å². The van der Waals surface area contributed by atoms with Crippen molar-refractivity contribution in [2.24, 2.45) is 0 Å². The Balaban J connectivity index is 2.11. The minimum atomic E-state index is -0.0347. The molecule has 0 atom stereocenters. The zero-order valence-electron chi connectivity index (χ0n) is 8.01. The largest absolute Gasteiger partial charge is 0.347 e. The first-order chi connectivity index (χ1) is 6.59. The van der Waals surface area contributed by atoms with Gasteiger partial charge in [0.25, 0.3) is 5.91 Å². The summed E-state index contributed by atoms with van der Waals surface area (Å²) in [4.78, 5) is 11.7. The third-order valence-electron chi connectivity index (χ3n) is 2.50. The average Bonchev–Trinajstić information content (AvgIpc) is 2.83. The van der Waals surface area contributed by atoms with Gasteiger partial charge in [-0.2, -0.15) is 0 Å². The zero-order chi connectivity index (χ0) is 10.2. The number of nitrogens with one attached hydrogen (secondary N) is 1. The number of carbonyl (C=O) groups excluding carboxylic acids is 1. The summed E-state index contributed by atoms with van der Waals surface area (Å²) >= 11 is 5.80. The summed E-state index contributed by atoms with van der Waals surface area (Å²) in [5, 5.41) is 3.57. The van der Waals surface area contributed by atoms with E-state index in [0.717, 1.165) is 12.8 Å². The number of hydrogen-bond donors (Lipinski definition) is 1. The van der Waals surface area contributed by atoms with Gasteiger partial charge >= 0.3 is 0 Å². The molecule has 1 amide bonds. The second-order valence-electron chi connectivity index (χ2n) is 4.03. The molecule has 1 saturated carbocycles. The molecule has 74 valence electrons. The van der Waals surface area contributed by atoms with Crippen molar-refractivity contribution in [3.8, 4) is 0 Å². The van der Waals surface area contributed by atoms with E-state index in [-0.39, 0.29) is 11.4 Å². The Morgan fingerprint density at radius 3 is 2.79 bits per heavy atom. The van der Waals surface area contributed by atoms with Gasteiger partial charge < -0.3 is 5.32 Å². The van der Waals surface area contributed by atoms with Crippen molar-refractivity contribution < 1.29 is 4.79 Å². The third-order valence-corrected chi connectivity index (χ3v) is 2.74. The summed E-state index contributed by atoms with van der Waals surface area (Å²) in [5.41, 5.74) is 0.657. The van der Waals surface area contributed by atoms with Crippen LogP contribution in [0.25, 0.3) is 0 Å². The molecule has 1 aromatic carbocycles. The molecule has 0 spiro atoms. The van der Waals surface area contributed by atoms with Crippen molar-refractivity contribution in [2.45, 2.75) is 25.3 Å². The van der Waals surface area contributed by atoms with Crippen molar-refractivity contribution >= 4 is 17.5 Å². The Kier molecular flexibility index (Phi) is 2.23. The molecule has 0 heterocycles. The van der Waals surface area contributed by atoms with Gasteiger partial charge in [0.05, 0.1) is 0 Å². The van der Waals surface area contributed by atoms with E-state index in [1.54, 1.807) is 24.3 Å². The molecule has 0 bridgehead atoms. The van der Waals surface area contributed by atoms with Crippen LogP contribution in [0, 0.1) is 0 Å². The Labute approximate surface area is 88.3 Å². The predicted molar refractivity (Wildman–Crippen MR) is 56.6 cm³/mol. The molecule has 1 fully saturated rings. The van der Waals surface area contributed by atoms with Gasteiger partial charge in [0, 0.05) is 16.1 Å². The molecule has 3 heteroatoms. The smallest absolute Gasteiger partial charge is 0.251 e. The Hall–Kier alpha value is -1.02.